The second-order valence-electron chi connectivity index (χ2n) is 6.86. The number of rotatable bonds is 9. The molecule has 0 saturated carbocycles. The Kier molecular flexibility index (Phi) is 9.40. The van der Waals surface area contributed by atoms with Crippen molar-refractivity contribution < 1.29 is 14.0 Å². The van der Waals surface area contributed by atoms with E-state index in [1.54, 1.807) is 18.2 Å². The van der Waals surface area contributed by atoms with E-state index in [1.807, 2.05) is 13.8 Å². The third-order valence-electron chi connectivity index (χ3n) is 4.66. The van der Waals surface area contributed by atoms with E-state index in [2.05, 4.69) is 5.32 Å². The van der Waals surface area contributed by atoms with Crippen LogP contribution in [0.15, 0.2) is 36.4 Å². The van der Waals surface area contributed by atoms with E-state index in [1.165, 1.54) is 23.1 Å². The third-order valence-corrected chi connectivity index (χ3v) is 5.75. The van der Waals surface area contributed by atoms with E-state index >= 15 is 0 Å². The minimum Gasteiger partial charge on any atom is -0.354 e. The van der Waals surface area contributed by atoms with Crippen molar-refractivity contribution in [3.8, 4) is 0 Å². The molecule has 0 aliphatic carbocycles. The average molecular weight is 474 g/mol. The van der Waals surface area contributed by atoms with Crippen molar-refractivity contribution in [3.05, 3.63) is 68.4 Å². The standard InChI is InChI=1S/C22H24Cl3FN2O2/c1-3-10-27-22(30)20(4-2)28(13-14-8-9-17(24)18(25)11-14)21(29)12-15-16(23)6-5-7-19(15)26/h5-9,11,20H,3-4,10,12-13H2,1-2H3,(H,27,30)/t20-/m1/s1. The summed E-state index contributed by atoms with van der Waals surface area (Å²) in [6.07, 6.45) is 0.908. The maximum atomic E-state index is 14.2. The predicted octanol–water partition coefficient (Wildman–Crippen LogP) is 5.66. The zero-order valence-electron chi connectivity index (χ0n) is 16.9. The molecular weight excluding hydrogens is 450 g/mol. The number of nitrogens with one attached hydrogen (secondary N) is 1. The number of halogens is 4. The SMILES string of the molecule is CCCNC(=O)[C@@H](CC)N(Cc1ccc(Cl)c(Cl)c1)C(=O)Cc1c(F)cccc1Cl. The van der Waals surface area contributed by atoms with Gasteiger partial charge >= 0.3 is 0 Å². The first-order valence-electron chi connectivity index (χ1n) is 9.72. The lowest BCUT2D eigenvalue weighted by Crippen LogP contribution is -2.49. The Morgan fingerprint density at radius 1 is 1.07 bits per heavy atom. The van der Waals surface area contributed by atoms with E-state index < -0.39 is 17.8 Å². The van der Waals surface area contributed by atoms with E-state index in [9.17, 15) is 14.0 Å². The summed E-state index contributed by atoms with van der Waals surface area (Å²) in [4.78, 5) is 27.4. The fourth-order valence-corrected chi connectivity index (χ4v) is 3.62. The van der Waals surface area contributed by atoms with E-state index in [4.69, 9.17) is 34.8 Å². The summed E-state index contributed by atoms with van der Waals surface area (Å²) >= 11 is 18.2. The van der Waals surface area contributed by atoms with Crippen LogP contribution in [0.4, 0.5) is 4.39 Å². The van der Waals surface area contributed by atoms with Gasteiger partial charge in [-0.25, -0.2) is 4.39 Å². The first kappa shape index (κ1) is 24.4. The van der Waals surface area contributed by atoms with Crippen LogP contribution in [0.1, 0.15) is 37.8 Å². The molecule has 0 bridgehead atoms. The molecule has 2 aromatic rings. The van der Waals surface area contributed by atoms with Crippen LogP contribution in [0.2, 0.25) is 15.1 Å². The Morgan fingerprint density at radius 3 is 2.40 bits per heavy atom. The van der Waals surface area contributed by atoms with Crippen molar-refractivity contribution in [2.45, 2.75) is 45.7 Å². The van der Waals surface area contributed by atoms with Gasteiger partial charge in [-0.05, 0) is 42.7 Å². The Hall–Kier alpha value is -1.82. The number of carbonyl (C=O) groups excluding carboxylic acids is 2. The Morgan fingerprint density at radius 2 is 1.80 bits per heavy atom. The van der Waals surface area contributed by atoms with Crippen LogP contribution < -0.4 is 5.32 Å². The molecule has 2 aromatic carbocycles. The molecule has 0 heterocycles. The van der Waals surface area contributed by atoms with Gasteiger partial charge in [-0.1, -0.05) is 60.8 Å². The van der Waals surface area contributed by atoms with Crippen LogP contribution in [0.25, 0.3) is 0 Å². The second kappa shape index (κ2) is 11.5. The fourth-order valence-electron chi connectivity index (χ4n) is 3.07. The van der Waals surface area contributed by atoms with Gasteiger partial charge in [0.05, 0.1) is 16.5 Å². The minimum absolute atomic E-state index is 0.104. The van der Waals surface area contributed by atoms with Gasteiger partial charge in [0.15, 0.2) is 0 Å². The van der Waals surface area contributed by atoms with Gasteiger partial charge in [-0.3, -0.25) is 9.59 Å². The van der Waals surface area contributed by atoms with Gasteiger partial charge in [-0.2, -0.15) is 0 Å². The van der Waals surface area contributed by atoms with Gasteiger partial charge in [0.1, 0.15) is 11.9 Å². The summed E-state index contributed by atoms with van der Waals surface area (Å²) < 4.78 is 14.2. The van der Waals surface area contributed by atoms with E-state index in [0.717, 1.165) is 6.42 Å². The largest absolute Gasteiger partial charge is 0.354 e. The monoisotopic (exact) mass is 472 g/mol. The molecule has 4 nitrogen and oxygen atoms in total. The number of carbonyl (C=O) groups is 2. The van der Waals surface area contributed by atoms with Crippen molar-refractivity contribution in [1.29, 1.82) is 0 Å². The van der Waals surface area contributed by atoms with Crippen molar-refractivity contribution in [2.24, 2.45) is 0 Å². The van der Waals surface area contributed by atoms with Gasteiger partial charge in [-0.15, -0.1) is 0 Å². The van der Waals surface area contributed by atoms with Crippen LogP contribution in [0.3, 0.4) is 0 Å². The Balaban J connectivity index is 2.36. The number of benzene rings is 2. The summed E-state index contributed by atoms with van der Waals surface area (Å²) in [5.41, 5.74) is 0.811. The quantitative estimate of drug-likeness (QED) is 0.511. The normalized spacial score (nSPS) is 11.8. The van der Waals surface area contributed by atoms with Gasteiger partial charge in [0.2, 0.25) is 11.8 Å². The van der Waals surface area contributed by atoms with Crippen LogP contribution in [0.5, 0.6) is 0 Å². The maximum Gasteiger partial charge on any atom is 0.242 e. The molecule has 0 aliphatic heterocycles. The topological polar surface area (TPSA) is 49.4 Å². The van der Waals surface area contributed by atoms with E-state index in [-0.39, 0.29) is 29.5 Å². The Labute approximate surface area is 191 Å². The maximum absolute atomic E-state index is 14.2. The highest BCUT2D eigenvalue weighted by atomic mass is 35.5. The van der Waals surface area contributed by atoms with Crippen LogP contribution in [-0.4, -0.2) is 29.3 Å². The molecule has 0 aromatic heterocycles. The van der Waals surface area contributed by atoms with Gasteiger partial charge < -0.3 is 10.2 Å². The van der Waals surface area contributed by atoms with Crippen molar-refractivity contribution in [3.63, 3.8) is 0 Å². The minimum atomic E-state index is -0.718. The molecule has 8 heteroatoms. The molecule has 162 valence electrons. The number of nitrogens with zero attached hydrogens (tertiary/aromatic N) is 1. The predicted molar refractivity (Wildman–Crippen MR) is 120 cm³/mol. The molecule has 0 fully saturated rings. The van der Waals surface area contributed by atoms with Crippen molar-refractivity contribution in [1.82, 2.24) is 10.2 Å². The summed E-state index contributed by atoms with van der Waals surface area (Å²) in [5.74, 6) is -1.23. The van der Waals surface area contributed by atoms with Crippen LogP contribution in [-0.2, 0) is 22.6 Å². The zero-order chi connectivity index (χ0) is 22.3. The number of amides is 2. The van der Waals surface area contributed by atoms with Crippen molar-refractivity contribution in [2.75, 3.05) is 6.54 Å². The van der Waals surface area contributed by atoms with Gasteiger partial charge in [0.25, 0.3) is 0 Å². The summed E-state index contributed by atoms with van der Waals surface area (Å²) in [6, 6.07) is 8.56. The lowest BCUT2D eigenvalue weighted by atomic mass is 10.1. The summed E-state index contributed by atoms with van der Waals surface area (Å²) in [5, 5.41) is 3.74. The smallest absolute Gasteiger partial charge is 0.242 e. The molecule has 30 heavy (non-hydrogen) atoms. The molecule has 2 rings (SSSR count). The van der Waals surface area contributed by atoms with E-state index in [0.29, 0.717) is 28.6 Å². The highest BCUT2D eigenvalue weighted by Crippen LogP contribution is 2.25. The molecular formula is C22H24Cl3FN2O2. The molecule has 0 radical (unpaired) electrons. The molecule has 2 amide bonds. The highest BCUT2D eigenvalue weighted by Gasteiger charge is 2.29. The summed E-state index contributed by atoms with van der Waals surface area (Å²) in [7, 11) is 0. The Bertz CT molecular complexity index is 888. The molecule has 0 aliphatic rings. The van der Waals surface area contributed by atoms with Gasteiger partial charge in [0, 0.05) is 23.7 Å². The molecule has 0 spiro atoms. The molecule has 0 unspecified atom stereocenters. The zero-order valence-corrected chi connectivity index (χ0v) is 19.1. The lowest BCUT2D eigenvalue weighted by Gasteiger charge is -2.31. The van der Waals surface area contributed by atoms with Crippen molar-refractivity contribution >= 4 is 46.6 Å². The number of hydrogen-bond acceptors (Lipinski definition) is 2. The van der Waals surface area contributed by atoms with Crippen LogP contribution in [0, 0.1) is 5.82 Å². The average Bonchev–Trinajstić information content (AvgIpc) is 2.71. The molecule has 1 N–H and O–H groups in total. The van der Waals surface area contributed by atoms with Crippen LogP contribution >= 0.6 is 34.8 Å². The first-order chi connectivity index (χ1) is 14.3. The second-order valence-corrected chi connectivity index (χ2v) is 8.08. The number of hydrogen-bond donors (Lipinski definition) is 1. The molecule has 1 atom stereocenters. The summed E-state index contributed by atoms with van der Waals surface area (Å²) in [6.45, 7) is 4.39. The first-order valence-corrected chi connectivity index (χ1v) is 10.9. The highest BCUT2D eigenvalue weighted by molar-refractivity contribution is 6.42. The third kappa shape index (κ3) is 6.34. The molecule has 0 saturated heterocycles. The fraction of sp³-hybridized carbons (Fsp3) is 0.364. The lowest BCUT2D eigenvalue weighted by molar-refractivity contribution is -0.141.